The molecule has 176 valence electrons. The van der Waals surface area contributed by atoms with Gasteiger partial charge in [-0.05, 0) is 24.4 Å². The third kappa shape index (κ3) is 4.47. The van der Waals surface area contributed by atoms with Crippen molar-refractivity contribution < 1.29 is 23.7 Å². The lowest BCUT2D eigenvalue weighted by Crippen LogP contribution is -2.61. The van der Waals surface area contributed by atoms with Gasteiger partial charge in [-0.15, -0.1) is 0 Å². The molecule has 0 aromatic heterocycles. The van der Waals surface area contributed by atoms with Crippen molar-refractivity contribution in [1.82, 2.24) is 19.6 Å². The highest BCUT2D eigenvalue weighted by Gasteiger charge is 2.53. The first-order valence-electron chi connectivity index (χ1n) is 11.3. The van der Waals surface area contributed by atoms with Gasteiger partial charge in [0.1, 0.15) is 13.1 Å². The molecule has 1 aromatic rings. The Hall–Kier alpha value is -3.27. The number of fused-ring (bicyclic) bond motifs is 1. The fourth-order valence-corrected chi connectivity index (χ4v) is 4.35. The van der Waals surface area contributed by atoms with Crippen LogP contribution in [0.1, 0.15) is 18.1 Å². The predicted molar refractivity (Wildman–Crippen MR) is 122 cm³/mol. The first-order valence-corrected chi connectivity index (χ1v) is 11.3. The summed E-state index contributed by atoms with van der Waals surface area (Å²) in [6, 6.07) is 7.19. The summed E-state index contributed by atoms with van der Waals surface area (Å²) in [5.41, 5.74) is 2.23. The molecule has 1 aromatic carbocycles. The first kappa shape index (κ1) is 22.9. The summed E-state index contributed by atoms with van der Waals surface area (Å²) in [4.78, 5) is 48.9. The summed E-state index contributed by atoms with van der Waals surface area (Å²) in [5, 5.41) is 0. The van der Waals surface area contributed by atoms with E-state index in [9.17, 15) is 14.4 Å². The molecule has 0 N–H and O–H groups in total. The summed E-state index contributed by atoms with van der Waals surface area (Å²) in [6.07, 6.45) is -0.285. The zero-order valence-corrected chi connectivity index (χ0v) is 19.7. The lowest BCUT2D eigenvalue weighted by molar-refractivity contribution is -0.552. The van der Waals surface area contributed by atoms with Gasteiger partial charge in [0.25, 0.3) is 17.8 Å². The predicted octanol–water partition coefficient (Wildman–Crippen LogP) is 0.985. The van der Waals surface area contributed by atoms with Crippen LogP contribution in [0.15, 0.2) is 29.3 Å². The average Bonchev–Trinajstić information content (AvgIpc) is 3.16. The molecule has 0 bridgehead atoms. The minimum atomic E-state index is -0.630. The van der Waals surface area contributed by atoms with Crippen LogP contribution >= 0.6 is 0 Å². The molecule has 2 saturated heterocycles. The molecule has 10 nitrogen and oxygen atoms in total. The number of hydrogen-bond acceptors (Lipinski definition) is 6. The van der Waals surface area contributed by atoms with Gasteiger partial charge in [0.2, 0.25) is 0 Å². The zero-order chi connectivity index (χ0) is 23.7. The van der Waals surface area contributed by atoms with Gasteiger partial charge >= 0.3 is 18.0 Å². The Bertz CT molecular complexity index is 1010. The van der Waals surface area contributed by atoms with Crippen LogP contribution in [0, 0.1) is 6.92 Å². The quantitative estimate of drug-likeness (QED) is 0.618. The molecule has 33 heavy (non-hydrogen) atoms. The highest BCUT2D eigenvalue weighted by molar-refractivity contribution is 6.23. The van der Waals surface area contributed by atoms with Gasteiger partial charge < -0.3 is 9.64 Å². The molecule has 0 radical (unpaired) electrons. The zero-order valence-electron chi connectivity index (χ0n) is 19.7. The molecule has 3 aliphatic heterocycles. The number of rotatable bonds is 5. The lowest BCUT2D eigenvalue weighted by Gasteiger charge is -2.33. The van der Waals surface area contributed by atoms with Crippen molar-refractivity contribution in [2.75, 3.05) is 53.4 Å². The number of benzene rings is 1. The number of urea groups is 1. The van der Waals surface area contributed by atoms with Crippen LogP contribution in [-0.2, 0) is 16.1 Å². The Morgan fingerprint density at radius 2 is 1.76 bits per heavy atom. The van der Waals surface area contributed by atoms with Gasteiger partial charge in [-0.2, -0.15) is 0 Å². The van der Waals surface area contributed by atoms with Gasteiger partial charge in [0, 0.05) is 40.3 Å². The number of carbonyl (C=O) groups excluding carboxylic acids is 3. The Morgan fingerprint density at radius 1 is 1.09 bits per heavy atom. The maximum absolute atomic E-state index is 13.1. The van der Waals surface area contributed by atoms with Crippen molar-refractivity contribution in [1.29, 1.82) is 0 Å². The van der Waals surface area contributed by atoms with E-state index in [1.165, 1.54) is 17.5 Å². The molecule has 0 saturated carbocycles. The molecule has 0 spiro atoms. The third-order valence-corrected chi connectivity index (χ3v) is 6.35. The second-order valence-electron chi connectivity index (χ2n) is 8.60. The minimum absolute atomic E-state index is 0.272. The van der Waals surface area contributed by atoms with E-state index < -0.39 is 6.04 Å². The van der Waals surface area contributed by atoms with Crippen molar-refractivity contribution in [3.63, 3.8) is 0 Å². The summed E-state index contributed by atoms with van der Waals surface area (Å²) in [5.74, 6) is 0.949. The van der Waals surface area contributed by atoms with Crippen LogP contribution in [-0.4, -0.2) is 113 Å². The van der Waals surface area contributed by atoms with E-state index in [2.05, 4.69) is 17.0 Å². The van der Waals surface area contributed by atoms with Gasteiger partial charge in [-0.1, -0.05) is 29.8 Å². The summed E-state index contributed by atoms with van der Waals surface area (Å²) < 4.78 is 7.10. The summed E-state index contributed by atoms with van der Waals surface area (Å²) in [6.45, 7) is 7.74. The molecular formula is C23H31N6O4+. The number of ether oxygens (including phenoxy) is 1. The van der Waals surface area contributed by atoms with E-state index in [-0.39, 0.29) is 18.0 Å². The van der Waals surface area contributed by atoms with Crippen molar-refractivity contribution in [3.05, 3.63) is 35.4 Å². The summed E-state index contributed by atoms with van der Waals surface area (Å²) in [7, 11) is 3.16. The summed E-state index contributed by atoms with van der Waals surface area (Å²) >= 11 is 0. The second-order valence-corrected chi connectivity index (χ2v) is 8.60. The topological polar surface area (TPSA) is 88.8 Å². The molecule has 4 rings (SSSR count). The number of aryl methyl sites for hydroxylation is 1. The number of piperazine rings is 1. The molecule has 4 amide bonds. The number of hydrogen-bond donors (Lipinski definition) is 0. The molecule has 2 fully saturated rings. The molecular weight excluding hydrogens is 424 g/mol. The lowest BCUT2D eigenvalue weighted by atomic mass is 10.1. The number of carbonyl (C=O) groups is 3. The first-order chi connectivity index (χ1) is 15.8. The number of imide groups is 1. The van der Waals surface area contributed by atoms with E-state index in [1.54, 1.807) is 18.9 Å². The second kappa shape index (κ2) is 9.30. The van der Waals surface area contributed by atoms with E-state index >= 15 is 0 Å². The normalized spacial score (nSPS) is 21.5. The van der Waals surface area contributed by atoms with Gasteiger partial charge in [0.15, 0.2) is 0 Å². The number of nitrogens with zero attached hydrogens (tertiary/aromatic N) is 6. The smallest absolute Gasteiger partial charge is 0.409 e. The van der Waals surface area contributed by atoms with Crippen LogP contribution < -0.4 is 0 Å². The molecule has 3 aliphatic rings. The van der Waals surface area contributed by atoms with E-state index in [0.717, 1.165) is 16.3 Å². The van der Waals surface area contributed by atoms with Crippen molar-refractivity contribution in [2.45, 2.75) is 26.4 Å². The highest BCUT2D eigenvalue weighted by atomic mass is 16.6. The number of likely N-dealkylation sites (N-methyl/N-ethyl adjacent to an activating group) is 2. The van der Waals surface area contributed by atoms with Crippen LogP contribution in [0.4, 0.5) is 9.59 Å². The molecule has 1 unspecified atom stereocenters. The monoisotopic (exact) mass is 455 g/mol. The van der Waals surface area contributed by atoms with Crippen LogP contribution in [0.3, 0.4) is 0 Å². The highest BCUT2D eigenvalue weighted by Crippen LogP contribution is 2.21. The molecule has 10 heteroatoms. The van der Waals surface area contributed by atoms with Crippen molar-refractivity contribution >= 4 is 29.7 Å². The SMILES string of the molecule is CCOC(=O)N1CCN(CC2=[N+](Cc3ccc(C)cc3)C3C(=O)N(C)C(=O)N(C)C3=N2)CC1. The van der Waals surface area contributed by atoms with E-state index in [0.29, 0.717) is 51.7 Å². The molecule has 1 atom stereocenters. The van der Waals surface area contributed by atoms with Crippen LogP contribution in [0.5, 0.6) is 0 Å². The number of amidine groups is 2. The number of aliphatic imine (C=N–C) groups is 1. The maximum Gasteiger partial charge on any atom is 0.409 e. The van der Waals surface area contributed by atoms with Crippen molar-refractivity contribution in [2.24, 2.45) is 4.99 Å². The van der Waals surface area contributed by atoms with E-state index in [1.807, 2.05) is 23.6 Å². The van der Waals surface area contributed by atoms with Gasteiger partial charge in [-0.25, -0.2) is 14.2 Å². The fourth-order valence-electron chi connectivity index (χ4n) is 4.35. The Kier molecular flexibility index (Phi) is 6.46. The number of amides is 4. The fraction of sp³-hybridized carbons (Fsp3) is 0.522. The van der Waals surface area contributed by atoms with Crippen LogP contribution in [0.2, 0.25) is 0 Å². The van der Waals surface area contributed by atoms with Crippen LogP contribution in [0.25, 0.3) is 0 Å². The standard InChI is InChI=1S/C23H31N6O4/c1-5-33-23(32)28-12-10-27(11-13-28)15-18-24-20-19(21(30)26(4)22(31)25(20)3)29(18)14-17-8-6-16(2)7-9-17/h6-9,19H,5,10-15H2,1-4H3/q+1. The average molecular weight is 456 g/mol. The van der Waals surface area contributed by atoms with Gasteiger partial charge in [-0.3, -0.25) is 19.5 Å². The molecule has 3 heterocycles. The minimum Gasteiger partial charge on any atom is -0.450 e. The Labute approximate surface area is 193 Å². The Morgan fingerprint density at radius 3 is 2.39 bits per heavy atom. The Balaban J connectivity index is 1.58. The third-order valence-electron chi connectivity index (χ3n) is 6.35. The molecule has 0 aliphatic carbocycles. The maximum atomic E-state index is 13.1. The van der Waals surface area contributed by atoms with Gasteiger partial charge in [0.05, 0.1) is 6.61 Å². The van der Waals surface area contributed by atoms with Crippen molar-refractivity contribution in [3.8, 4) is 0 Å². The van der Waals surface area contributed by atoms with E-state index in [4.69, 9.17) is 9.73 Å². The largest absolute Gasteiger partial charge is 0.450 e.